The molecule has 0 amide bonds. The lowest BCUT2D eigenvalue weighted by Gasteiger charge is -2.03. The minimum absolute atomic E-state index is 0.616. The average Bonchev–Trinajstić information content (AvgIpc) is 2.54. The Bertz CT molecular complexity index is 479. The third-order valence-corrected chi connectivity index (χ3v) is 3.11. The number of halogens is 2. The minimum Gasteiger partial charge on any atom is -0.328 e. The smallest absolute Gasteiger partial charge is 0.111 e. The van der Waals surface area contributed by atoms with Crippen molar-refractivity contribution in [2.75, 3.05) is 5.88 Å². The number of aryl methyl sites for hydroxylation is 2. The first-order chi connectivity index (χ1) is 7.26. The predicted octanol–water partition coefficient (Wildman–Crippen LogP) is 3.60. The Balaban J connectivity index is 2.62. The molecule has 0 fully saturated rings. The number of aromatic nitrogens is 2. The van der Waals surface area contributed by atoms with Crippen LogP contribution in [0.25, 0.3) is 11.0 Å². The molecule has 1 aromatic heterocycles. The van der Waals surface area contributed by atoms with E-state index in [1.807, 2.05) is 12.1 Å². The summed E-state index contributed by atoms with van der Waals surface area (Å²) in [6.45, 7) is 3.06. The molecular formula is C11H12BrClN2. The van der Waals surface area contributed by atoms with Crippen molar-refractivity contribution < 1.29 is 0 Å². The van der Waals surface area contributed by atoms with Crippen LogP contribution >= 0.6 is 27.5 Å². The van der Waals surface area contributed by atoms with Gasteiger partial charge in [-0.1, -0.05) is 15.9 Å². The maximum Gasteiger partial charge on any atom is 0.111 e. The highest BCUT2D eigenvalue weighted by Crippen LogP contribution is 2.21. The van der Waals surface area contributed by atoms with Crippen molar-refractivity contribution in [1.82, 2.24) is 9.55 Å². The van der Waals surface area contributed by atoms with Crippen molar-refractivity contribution in [3.63, 3.8) is 0 Å². The summed E-state index contributed by atoms with van der Waals surface area (Å²) < 4.78 is 3.28. The van der Waals surface area contributed by atoms with Crippen LogP contribution in [0, 0.1) is 0 Å². The lowest BCUT2D eigenvalue weighted by atomic mass is 10.3. The van der Waals surface area contributed by atoms with Crippen LogP contribution in [-0.4, -0.2) is 15.4 Å². The molecule has 0 aliphatic heterocycles. The maximum atomic E-state index is 5.76. The molecule has 0 bridgehead atoms. The van der Waals surface area contributed by atoms with Crippen molar-refractivity contribution in [1.29, 1.82) is 0 Å². The molecule has 1 heterocycles. The van der Waals surface area contributed by atoms with Gasteiger partial charge in [-0.3, -0.25) is 0 Å². The Kier molecular flexibility index (Phi) is 3.32. The molecule has 2 rings (SSSR count). The topological polar surface area (TPSA) is 17.8 Å². The minimum atomic E-state index is 0.616. The van der Waals surface area contributed by atoms with E-state index in [2.05, 4.69) is 38.5 Å². The van der Waals surface area contributed by atoms with Gasteiger partial charge in [0.1, 0.15) is 5.82 Å². The van der Waals surface area contributed by atoms with E-state index >= 15 is 0 Å². The molecule has 1 aromatic carbocycles. The number of alkyl halides is 1. The summed E-state index contributed by atoms with van der Waals surface area (Å²) >= 11 is 9.21. The molecule has 0 saturated carbocycles. The molecule has 0 N–H and O–H groups in total. The Hall–Kier alpha value is -0.540. The van der Waals surface area contributed by atoms with Crippen LogP contribution in [0.4, 0.5) is 0 Å². The molecule has 80 valence electrons. The van der Waals surface area contributed by atoms with Gasteiger partial charge in [0.05, 0.1) is 11.0 Å². The first-order valence-corrected chi connectivity index (χ1v) is 6.29. The van der Waals surface area contributed by atoms with E-state index in [9.17, 15) is 0 Å². The van der Waals surface area contributed by atoms with Crippen molar-refractivity contribution in [3.8, 4) is 0 Å². The molecule has 15 heavy (non-hydrogen) atoms. The second kappa shape index (κ2) is 4.54. The molecule has 0 atom stereocenters. The van der Waals surface area contributed by atoms with Crippen LogP contribution in [0.3, 0.4) is 0 Å². The first kappa shape index (κ1) is 11.0. The van der Waals surface area contributed by atoms with Gasteiger partial charge in [0.25, 0.3) is 0 Å². The summed E-state index contributed by atoms with van der Waals surface area (Å²) in [5.74, 6) is 1.69. The summed E-state index contributed by atoms with van der Waals surface area (Å²) in [5, 5.41) is 0. The third-order valence-electron chi connectivity index (χ3n) is 2.42. The van der Waals surface area contributed by atoms with Gasteiger partial charge in [-0.15, -0.1) is 11.6 Å². The monoisotopic (exact) mass is 286 g/mol. The molecule has 0 saturated heterocycles. The normalized spacial score (nSPS) is 11.1. The number of nitrogens with zero attached hydrogens (tertiary/aromatic N) is 2. The molecule has 2 nitrogen and oxygen atoms in total. The van der Waals surface area contributed by atoms with Crippen molar-refractivity contribution >= 4 is 38.6 Å². The maximum absolute atomic E-state index is 5.76. The lowest BCUT2D eigenvalue weighted by Crippen LogP contribution is -2.02. The third kappa shape index (κ3) is 2.04. The fraction of sp³-hybridized carbons (Fsp3) is 0.364. The zero-order chi connectivity index (χ0) is 10.8. The Labute approximate surface area is 102 Å². The summed E-state index contributed by atoms with van der Waals surface area (Å²) in [4.78, 5) is 4.58. The highest BCUT2D eigenvalue weighted by atomic mass is 79.9. The zero-order valence-electron chi connectivity index (χ0n) is 8.50. The van der Waals surface area contributed by atoms with Crippen LogP contribution in [0.2, 0.25) is 0 Å². The van der Waals surface area contributed by atoms with Crippen molar-refractivity contribution in [3.05, 3.63) is 28.5 Å². The van der Waals surface area contributed by atoms with E-state index in [1.165, 1.54) is 5.52 Å². The van der Waals surface area contributed by atoms with Crippen LogP contribution < -0.4 is 0 Å². The molecule has 0 radical (unpaired) electrons. The summed E-state index contributed by atoms with van der Waals surface area (Å²) in [6, 6.07) is 6.17. The largest absolute Gasteiger partial charge is 0.328 e. The number of imidazole rings is 1. The Morgan fingerprint density at radius 1 is 1.47 bits per heavy atom. The molecule has 0 unspecified atom stereocenters. The standard InChI is InChI=1S/C11H12BrClN2/c1-2-15-10-4-3-8(12)7-9(10)14-11(15)5-6-13/h3-4,7H,2,5-6H2,1H3. The Morgan fingerprint density at radius 3 is 2.93 bits per heavy atom. The fourth-order valence-corrected chi connectivity index (χ4v) is 2.30. The van der Waals surface area contributed by atoms with Gasteiger partial charge in [0.15, 0.2) is 0 Å². The van der Waals surface area contributed by atoms with Crippen molar-refractivity contribution in [2.45, 2.75) is 19.9 Å². The van der Waals surface area contributed by atoms with E-state index in [0.29, 0.717) is 5.88 Å². The second-order valence-corrected chi connectivity index (χ2v) is 4.64. The van der Waals surface area contributed by atoms with Crippen LogP contribution in [0.5, 0.6) is 0 Å². The van der Waals surface area contributed by atoms with E-state index in [4.69, 9.17) is 11.6 Å². The summed E-state index contributed by atoms with van der Waals surface area (Å²) in [5.41, 5.74) is 2.21. The number of benzene rings is 1. The van der Waals surface area contributed by atoms with Crippen LogP contribution in [-0.2, 0) is 13.0 Å². The average molecular weight is 288 g/mol. The van der Waals surface area contributed by atoms with Gasteiger partial charge < -0.3 is 4.57 Å². The first-order valence-electron chi connectivity index (χ1n) is 4.97. The molecule has 0 aliphatic rings. The molecule has 4 heteroatoms. The second-order valence-electron chi connectivity index (χ2n) is 3.34. The molecular weight excluding hydrogens is 275 g/mol. The van der Waals surface area contributed by atoms with Gasteiger partial charge in [0.2, 0.25) is 0 Å². The molecule has 0 spiro atoms. The van der Waals surface area contributed by atoms with Gasteiger partial charge in [-0.25, -0.2) is 4.98 Å². The van der Waals surface area contributed by atoms with Gasteiger partial charge >= 0.3 is 0 Å². The number of hydrogen-bond donors (Lipinski definition) is 0. The predicted molar refractivity (Wildman–Crippen MR) is 67.5 cm³/mol. The number of fused-ring (bicyclic) bond motifs is 1. The van der Waals surface area contributed by atoms with E-state index in [0.717, 1.165) is 28.8 Å². The molecule has 2 aromatic rings. The van der Waals surface area contributed by atoms with Crippen LogP contribution in [0.1, 0.15) is 12.7 Å². The summed E-state index contributed by atoms with van der Waals surface area (Å²) in [6.07, 6.45) is 0.821. The quantitative estimate of drug-likeness (QED) is 0.789. The number of hydrogen-bond acceptors (Lipinski definition) is 1. The lowest BCUT2D eigenvalue weighted by molar-refractivity contribution is 0.727. The van der Waals surface area contributed by atoms with Crippen LogP contribution in [0.15, 0.2) is 22.7 Å². The van der Waals surface area contributed by atoms with Gasteiger partial charge in [-0.2, -0.15) is 0 Å². The fourth-order valence-electron chi connectivity index (χ4n) is 1.78. The Morgan fingerprint density at radius 2 is 2.27 bits per heavy atom. The van der Waals surface area contributed by atoms with E-state index in [1.54, 1.807) is 0 Å². The zero-order valence-corrected chi connectivity index (χ0v) is 10.8. The molecule has 0 aliphatic carbocycles. The highest BCUT2D eigenvalue weighted by molar-refractivity contribution is 9.10. The van der Waals surface area contributed by atoms with Crippen molar-refractivity contribution in [2.24, 2.45) is 0 Å². The summed E-state index contributed by atoms with van der Waals surface area (Å²) in [7, 11) is 0. The van der Waals surface area contributed by atoms with E-state index in [-0.39, 0.29) is 0 Å². The SMILES string of the molecule is CCn1c(CCCl)nc2cc(Br)ccc21. The van der Waals surface area contributed by atoms with E-state index < -0.39 is 0 Å². The van der Waals surface area contributed by atoms with Gasteiger partial charge in [0, 0.05) is 23.3 Å². The van der Waals surface area contributed by atoms with Gasteiger partial charge in [-0.05, 0) is 25.1 Å². The number of rotatable bonds is 3. The highest BCUT2D eigenvalue weighted by Gasteiger charge is 2.08.